The van der Waals surface area contributed by atoms with Crippen LogP contribution in [0.1, 0.15) is 116 Å². The number of hydrogen-bond acceptors (Lipinski definition) is 5. The smallest absolute Gasteiger partial charge is 0.192 e. The van der Waals surface area contributed by atoms with Crippen LogP contribution in [0.15, 0.2) is 35.7 Å². The van der Waals surface area contributed by atoms with Gasteiger partial charge in [0.15, 0.2) is 16.6 Å². The Labute approximate surface area is 270 Å². The maximum Gasteiger partial charge on any atom is 0.192 e. The van der Waals surface area contributed by atoms with E-state index in [1.807, 2.05) is 0 Å². The van der Waals surface area contributed by atoms with Crippen molar-refractivity contribution in [2.24, 2.45) is 0 Å². The summed E-state index contributed by atoms with van der Waals surface area (Å²) in [5.74, 6) is 0.865. The summed E-state index contributed by atoms with van der Waals surface area (Å²) in [4.78, 5) is 1.21. The van der Waals surface area contributed by atoms with E-state index < -0.39 is 22.2 Å². The quantitative estimate of drug-likeness (QED) is 0.184. The molecule has 0 atom stereocenters. The first-order valence-electron chi connectivity index (χ1n) is 16.3. The summed E-state index contributed by atoms with van der Waals surface area (Å²) in [5, 5.41) is 13.2. The van der Waals surface area contributed by atoms with E-state index in [4.69, 9.17) is 13.6 Å². The van der Waals surface area contributed by atoms with E-state index in [1.165, 1.54) is 21.6 Å². The third-order valence-corrected chi connectivity index (χ3v) is 19.9. The highest BCUT2D eigenvalue weighted by molar-refractivity contribution is 7.10. The predicted octanol–water partition coefficient (Wildman–Crippen LogP) is 11.5. The van der Waals surface area contributed by atoms with E-state index in [0.29, 0.717) is 19.8 Å². The van der Waals surface area contributed by atoms with Gasteiger partial charge in [-0.25, -0.2) is 0 Å². The van der Waals surface area contributed by atoms with Crippen molar-refractivity contribution in [2.75, 3.05) is 0 Å². The van der Waals surface area contributed by atoms with E-state index in [1.54, 1.807) is 11.3 Å². The Morgan fingerprint density at radius 2 is 1.37 bits per heavy atom. The van der Waals surface area contributed by atoms with Crippen molar-refractivity contribution in [1.29, 1.82) is 0 Å². The lowest BCUT2D eigenvalue weighted by Gasteiger charge is -2.37. The molecule has 0 spiro atoms. The zero-order valence-electron chi connectivity index (χ0n) is 29.7. The molecule has 0 aliphatic heterocycles. The SMILES string of the molecule is CC/C(=C\CCC(O)(CC)CC)c1csc(COc2ccc(CO[Si](C)(C)C(C)(C)C)c(CO[Si](C)(C)C(C)(C)C)c2)c1. The molecule has 2 aromatic rings. The molecule has 0 bridgehead atoms. The van der Waals surface area contributed by atoms with Crippen LogP contribution in [-0.4, -0.2) is 27.3 Å². The van der Waals surface area contributed by atoms with E-state index in [9.17, 15) is 5.11 Å². The molecule has 4 nitrogen and oxygen atoms in total. The van der Waals surface area contributed by atoms with Crippen molar-refractivity contribution in [3.8, 4) is 5.75 Å². The monoisotopic (exact) mass is 646 g/mol. The first-order chi connectivity index (χ1) is 19.8. The van der Waals surface area contributed by atoms with Crippen LogP contribution in [0, 0.1) is 0 Å². The summed E-state index contributed by atoms with van der Waals surface area (Å²) in [6, 6.07) is 8.66. The van der Waals surface area contributed by atoms with Crippen LogP contribution in [0.3, 0.4) is 0 Å². The topological polar surface area (TPSA) is 47.9 Å². The molecule has 2 rings (SSSR count). The molecule has 7 heteroatoms. The molecule has 244 valence electrons. The second-order valence-corrected chi connectivity index (χ2v) is 25.8. The molecular formula is C36H62O4SSi2. The van der Waals surface area contributed by atoms with E-state index in [0.717, 1.165) is 43.4 Å². The first-order valence-corrected chi connectivity index (χ1v) is 23.0. The number of aliphatic hydroxyl groups is 1. The summed E-state index contributed by atoms with van der Waals surface area (Å²) in [6.07, 6.45) is 6.59. The Bertz CT molecular complexity index is 1180. The van der Waals surface area contributed by atoms with Gasteiger partial charge in [0.25, 0.3) is 0 Å². The van der Waals surface area contributed by atoms with Gasteiger partial charge in [0.05, 0.1) is 18.8 Å². The molecule has 0 fully saturated rings. The van der Waals surface area contributed by atoms with Crippen LogP contribution in [0.25, 0.3) is 5.57 Å². The van der Waals surface area contributed by atoms with E-state index in [2.05, 4.69) is 124 Å². The minimum absolute atomic E-state index is 0.148. The Kier molecular flexibility index (Phi) is 13.6. The van der Waals surface area contributed by atoms with Gasteiger partial charge in [-0.2, -0.15) is 0 Å². The molecule has 0 unspecified atom stereocenters. The molecule has 0 saturated carbocycles. The highest BCUT2D eigenvalue weighted by Gasteiger charge is 2.38. The molecule has 0 radical (unpaired) electrons. The number of ether oxygens (including phenoxy) is 1. The van der Waals surface area contributed by atoms with Gasteiger partial charge in [-0.1, -0.05) is 74.5 Å². The second-order valence-electron chi connectivity index (χ2n) is 15.2. The van der Waals surface area contributed by atoms with Gasteiger partial charge in [0.2, 0.25) is 0 Å². The molecule has 0 aliphatic carbocycles. The maximum absolute atomic E-state index is 10.7. The van der Waals surface area contributed by atoms with Crippen LogP contribution in [0.2, 0.25) is 36.3 Å². The van der Waals surface area contributed by atoms with Crippen molar-refractivity contribution in [3.05, 3.63) is 57.3 Å². The van der Waals surface area contributed by atoms with Crippen molar-refractivity contribution in [2.45, 2.75) is 156 Å². The zero-order valence-corrected chi connectivity index (χ0v) is 32.5. The van der Waals surface area contributed by atoms with Gasteiger partial charge in [-0.3, -0.25) is 0 Å². The fourth-order valence-electron chi connectivity index (χ4n) is 4.28. The maximum atomic E-state index is 10.7. The third kappa shape index (κ3) is 11.0. The van der Waals surface area contributed by atoms with Crippen LogP contribution in [-0.2, 0) is 28.7 Å². The van der Waals surface area contributed by atoms with Crippen LogP contribution in [0.4, 0.5) is 0 Å². The van der Waals surface area contributed by atoms with Crippen LogP contribution in [0.5, 0.6) is 5.75 Å². The largest absolute Gasteiger partial charge is 0.488 e. The fraction of sp³-hybridized carbons (Fsp3) is 0.667. The fourth-order valence-corrected chi connectivity index (χ4v) is 7.00. The highest BCUT2D eigenvalue weighted by Crippen LogP contribution is 2.39. The molecule has 0 aliphatic rings. The van der Waals surface area contributed by atoms with Gasteiger partial charge in [0.1, 0.15) is 12.4 Å². The molecule has 0 saturated heterocycles. The Morgan fingerprint density at radius 3 is 1.88 bits per heavy atom. The predicted molar refractivity (Wildman–Crippen MR) is 192 cm³/mol. The summed E-state index contributed by atoms with van der Waals surface area (Å²) < 4.78 is 19.6. The van der Waals surface area contributed by atoms with Crippen molar-refractivity contribution >= 4 is 33.5 Å². The minimum Gasteiger partial charge on any atom is -0.488 e. The van der Waals surface area contributed by atoms with Crippen LogP contribution < -0.4 is 4.74 Å². The highest BCUT2D eigenvalue weighted by atomic mass is 32.1. The molecule has 0 amide bonds. The summed E-state index contributed by atoms with van der Waals surface area (Å²) >= 11 is 1.75. The number of thiophene rings is 1. The van der Waals surface area contributed by atoms with Crippen LogP contribution >= 0.6 is 11.3 Å². The Balaban J connectivity index is 2.19. The number of rotatable bonds is 16. The number of hydrogen-bond donors (Lipinski definition) is 1. The van der Waals surface area contributed by atoms with Gasteiger partial charge in [-0.05, 0) is 114 Å². The van der Waals surface area contributed by atoms with Gasteiger partial charge >= 0.3 is 0 Å². The lowest BCUT2D eigenvalue weighted by Crippen LogP contribution is -2.41. The van der Waals surface area contributed by atoms with Crippen molar-refractivity contribution < 1.29 is 18.7 Å². The first kappa shape index (κ1) is 38.0. The van der Waals surface area contributed by atoms with E-state index >= 15 is 0 Å². The van der Waals surface area contributed by atoms with Gasteiger partial charge in [0, 0.05) is 4.88 Å². The molecule has 1 N–H and O–H groups in total. The Morgan fingerprint density at radius 1 is 0.814 bits per heavy atom. The lowest BCUT2D eigenvalue weighted by atomic mass is 9.91. The van der Waals surface area contributed by atoms with Gasteiger partial charge in [-0.15, -0.1) is 11.3 Å². The Hall–Kier alpha value is -1.23. The average Bonchev–Trinajstić information content (AvgIpc) is 3.40. The summed E-state index contributed by atoms with van der Waals surface area (Å²) in [6.45, 7) is 31.0. The standard InChI is InChI=1S/C36H62O4SSi2/c1-14-28(18-17-21-36(37,15-2)16-3)31-23-33(41-27-31)26-38-32-20-19-29(24-39-42(10,11)34(4,5)6)30(22-32)25-40-43(12,13)35(7,8)9/h18-20,22-23,27,37H,14-17,21,24-26H2,1-13H3/b28-18+. The average molecular weight is 647 g/mol. The molecule has 43 heavy (non-hydrogen) atoms. The minimum atomic E-state index is -1.92. The normalized spacial score (nSPS) is 14.0. The molecule has 1 heterocycles. The van der Waals surface area contributed by atoms with Crippen molar-refractivity contribution in [1.82, 2.24) is 0 Å². The number of allylic oxidation sites excluding steroid dienone is 2. The summed E-state index contributed by atoms with van der Waals surface area (Å²) in [7, 11) is -3.80. The van der Waals surface area contributed by atoms with Crippen molar-refractivity contribution in [3.63, 3.8) is 0 Å². The number of benzene rings is 1. The molecule has 1 aromatic heterocycles. The summed E-state index contributed by atoms with van der Waals surface area (Å²) in [5.41, 5.74) is 4.40. The zero-order chi connectivity index (χ0) is 32.7. The third-order valence-electron chi connectivity index (χ3n) is 10.1. The lowest BCUT2D eigenvalue weighted by molar-refractivity contribution is 0.0246. The molecular weight excluding hydrogens is 585 g/mol. The molecule has 1 aromatic carbocycles. The second kappa shape index (κ2) is 15.4. The van der Waals surface area contributed by atoms with Gasteiger partial charge < -0.3 is 18.7 Å². The van der Waals surface area contributed by atoms with E-state index in [-0.39, 0.29) is 10.1 Å².